The molecule has 0 bridgehead atoms. The van der Waals surface area contributed by atoms with Crippen molar-refractivity contribution in [1.82, 2.24) is 0 Å². The number of benzene rings is 2. The van der Waals surface area contributed by atoms with Crippen LogP contribution in [-0.2, 0) is 6.42 Å². The minimum absolute atomic E-state index is 0.700. The Hall–Kier alpha value is -1.80. The van der Waals surface area contributed by atoms with Crippen LogP contribution in [0.3, 0.4) is 0 Å². The SMILES string of the molecule is NCCc1ccc(Nc2ccccc2)cc1. The van der Waals surface area contributed by atoms with E-state index in [4.69, 9.17) is 5.73 Å². The molecule has 0 atom stereocenters. The van der Waals surface area contributed by atoms with Gasteiger partial charge in [0.25, 0.3) is 0 Å². The van der Waals surface area contributed by atoms with E-state index in [1.165, 1.54) is 5.56 Å². The molecule has 0 unspecified atom stereocenters. The van der Waals surface area contributed by atoms with Gasteiger partial charge in [-0.05, 0) is 42.8 Å². The van der Waals surface area contributed by atoms with E-state index in [0.29, 0.717) is 6.54 Å². The van der Waals surface area contributed by atoms with Gasteiger partial charge in [-0.2, -0.15) is 0 Å². The Morgan fingerprint density at radius 3 is 2.06 bits per heavy atom. The van der Waals surface area contributed by atoms with E-state index in [-0.39, 0.29) is 0 Å². The van der Waals surface area contributed by atoms with E-state index in [2.05, 4.69) is 29.6 Å². The van der Waals surface area contributed by atoms with E-state index in [1.807, 2.05) is 30.3 Å². The van der Waals surface area contributed by atoms with Crippen molar-refractivity contribution in [3.05, 3.63) is 60.2 Å². The first-order valence-corrected chi connectivity index (χ1v) is 5.49. The van der Waals surface area contributed by atoms with Crippen LogP contribution in [0, 0.1) is 0 Å². The molecule has 0 aromatic heterocycles. The summed E-state index contributed by atoms with van der Waals surface area (Å²) in [6.45, 7) is 0.700. The van der Waals surface area contributed by atoms with Crippen molar-refractivity contribution < 1.29 is 0 Å². The van der Waals surface area contributed by atoms with Crippen molar-refractivity contribution in [3.63, 3.8) is 0 Å². The molecule has 2 rings (SSSR count). The third-order valence-electron chi connectivity index (χ3n) is 2.45. The lowest BCUT2D eigenvalue weighted by atomic mass is 10.1. The summed E-state index contributed by atoms with van der Waals surface area (Å²) in [5.41, 5.74) is 8.99. The average molecular weight is 212 g/mol. The van der Waals surface area contributed by atoms with Gasteiger partial charge < -0.3 is 11.1 Å². The predicted molar refractivity (Wildman–Crippen MR) is 68.9 cm³/mol. The molecule has 0 fully saturated rings. The standard InChI is InChI=1S/C14H16N2/c15-11-10-12-6-8-14(9-7-12)16-13-4-2-1-3-5-13/h1-9,16H,10-11,15H2. The Labute approximate surface area is 96.1 Å². The summed E-state index contributed by atoms with van der Waals surface area (Å²) in [5.74, 6) is 0. The molecule has 0 amide bonds. The number of nitrogens with one attached hydrogen (secondary N) is 1. The second-order valence-electron chi connectivity index (χ2n) is 3.73. The fraction of sp³-hybridized carbons (Fsp3) is 0.143. The first kappa shape index (κ1) is 10.7. The Morgan fingerprint density at radius 1 is 0.812 bits per heavy atom. The first-order valence-electron chi connectivity index (χ1n) is 5.49. The van der Waals surface area contributed by atoms with Crippen molar-refractivity contribution >= 4 is 11.4 Å². The molecule has 3 N–H and O–H groups in total. The van der Waals surface area contributed by atoms with Crippen LogP contribution in [-0.4, -0.2) is 6.54 Å². The summed E-state index contributed by atoms with van der Waals surface area (Å²) in [6, 6.07) is 18.5. The summed E-state index contributed by atoms with van der Waals surface area (Å²) < 4.78 is 0. The number of para-hydroxylation sites is 1. The van der Waals surface area contributed by atoms with Crippen LogP contribution in [0.2, 0.25) is 0 Å². The summed E-state index contributed by atoms with van der Waals surface area (Å²) in [4.78, 5) is 0. The first-order chi connectivity index (χ1) is 7.88. The van der Waals surface area contributed by atoms with Crippen LogP contribution in [0.4, 0.5) is 11.4 Å². The lowest BCUT2D eigenvalue weighted by molar-refractivity contribution is 0.969. The summed E-state index contributed by atoms with van der Waals surface area (Å²) in [7, 11) is 0. The fourth-order valence-electron chi connectivity index (χ4n) is 1.61. The zero-order valence-electron chi connectivity index (χ0n) is 9.19. The second-order valence-corrected chi connectivity index (χ2v) is 3.73. The van der Waals surface area contributed by atoms with Gasteiger partial charge >= 0.3 is 0 Å². The van der Waals surface area contributed by atoms with Crippen molar-refractivity contribution in [2.75, 3.05) is 11.9 Å². The van der Waals surface area contributed by atoms with E-state index < -0.39 is 0 Å². The predicted octanol–water partition coefficient (Wildman–Crippen LogP) is 2.93. The van der Waals surface area contributed by atoms with Gasteiger partial charge in [0.05, 0.1) is 0 Å². The van der Waals surface area contributed by atoms with E-state index in [0.717, 1.165) is 17.8 Å². The van der Waals surface area contributed by atoms with Crippen LogP contribution in [0.25, 0.3) is 0 Å². The highest BCUT2D eigenvalue weighted by Gasteiger charge is 1.94. The van der Waals surface area contributed by atoms with Crippen molar-refractivity contribution in [1.29, 1.82) is 0 Å². The van der Waals surface area contributed by atoms with Crippen LogP contribution in [0.15, 0.2) is 54.6 Å². The molecule has 0 saturated carbocycles. The maximum absolute atomic E-state index is 5.51. The molecule has 2 aromatic rings. The molecule has 0 aliphatic rings. The molecule has 0 spiro atoms. The summed E-state index contributed by atoms with van der Waals surface area (Å²) in [6.07, 6.45) is 0.936. The minimum Gasteiger partial charge on any atom is -0.356 e. The molecule has 16 heavy (non-hydrogen) atoms. The van der Waals surface area contributed by atoms with Crippen molar-refractivity contribution in [2.45, 2.75) is 6.42 Å². The Morgan fingerprint density at radius 2 is 1.44 bits per heavy atom. The molecule has 2 heteroatoms. The normalized spacial score (nSPS) is 10.1. The smallest absolute Gasteiger partial charge is 0.0384 e. The maximum atomic E-state index is 5.51. The van der Waals surface area contributed by atoms with Gasteiger partial charge in [-0.1, -0.05) is 30.3 Å². The number of anilines is 2. The van der Waals surface area contributed by atoms with Crippen molar-refractivity contribution in [3.8, 4) is 0 Å². The third-order valence-corrected chi connectivity index (χ3v) is 2.45. The molecular formula is C14H16N2. The lowest BCUT2D eigenvalue weighted by Gasteiger charge is -2.06. The molecule has 82 valence electrons. The van der Waals surface area contributed by atoms with E-state index in [9.17, 15) is 0 Å². The minimum atomic E-state index is 0.700. The number of rotatable bonds is 4. The molecule has 0 aliphatic carbocycles. The van der Waals surface area contributed by atoms with Gasteiger partial charge in [0, 0.05) is 11.4 Å². The number of hydrogen-bond acceptors (Lipinski definition) is 2. The maximum Gasteiger partial charge on any atom is 0.0384 e. The number of nitrogens with two attached hydrogens (primary N) is 1. The molecule has 0 radical (unpaired) electrons. The molecule has 0 heterocycles. The number of hydrogen-bond donors (Lipinski definition) is 2. The fourth-order valence-corrected chi connectivity index (χ4v) is 1.61. The zero-order chi connectivity index (χ0) is 11.2. The van der Waals surface area contributed by atoms with Crippen LogP contribution in [0.5, 0.6) is 0 Å². The molecular weight excluding hydrogens is 196 g/mol. The highest BCUT2D eigenvalue weighted by Crippen LogP contribution is 2.16. The topological polar surface area (TPSA) is 38.0 Å². The molecule has 0 saturated heterocycles. The van der Waals surface area contributed by atoms with Gasteiger partial charge in [-0.3, -0.25) is 0 Å². The Bertz CT molecular complexity index is 420. The largest absolute Gasteiger partial charge is 0.356 e. The Balaban J connectivity index is 2.05. The molecule has 0 aliphatic heterocycles. The zero-order valence-corrected chi connectivity index (χ0v) is 9.19. The van der Waals surface area contributed by atoms with Gasteiger partial charge in [0.2, 0.25) is 0 Å². The van der Waals surface area contributed by atoms with Crippen LogP contribution < -0.4 is 11.1 Å². The van der Waals surface area contributed by atoms with Gasteiger partial charge in [-0.25, -0.2) is 0 Å². The molecule has 2 nitrogen and oxygen atoms in total. The Kier molecular flexibility index (Phi) is 3.57. The van der Waals surface area contributed by atoms with Gasteiger partial charge in [0.1, 0.15) is 0 Å². The van der Waals surface area contributed by atoms with Gasteiger partial charge in [0.15, 0.2) is 0 Å². The molecule has 2 aromatic carbocycles. The van der Waals surface area contributed by atoms with Crippen LogP contribution >= 0.6 is 0 Å². The monoisotopic (exact) mass is 212 g/mol. The third kappa shape index (κ3) is 2.84. The van der Waals surface area contributed by atoms with Gasteiger partial charge in [-0.15, -0.1) is 0 Å². The van der Waals surface area contributed by atoms with Crippen molar-refractivity contribution in [2.24, 2.45) is 5.73 Å². The second kappa shape index (κ2) is 5.33. The lowest BCUT2D eigenvalue weighted by Crippen LogP contribution is -2.02. The summed E-state index contributed by atoms with van der Waals surface area (Å²) >= 11 is 0. The highest BCUT2D eigenvalue weighted by atomic mass is 14.9. The quantitative estimate of drug-likeness (QED) is 0.817. The van der Waals surface area contributed by atoms with Crippen LogP contribution in [0.1, 0.15) is 5.56 Å². The van der Waals surface area contributed by atoms with E-state index >= 15 is 0 Å². The average Bonchev–Trinajstić information content (AvgIpc) is 2.33. The van der Waals surface area contributed by atoms with E-state index in [1.54, 1.807) is 0 Å². The summed E-state index contributed by atoms with van der Waals surface area (Å²) in [5, 5.41) is 3.34. The highest BCUT2D eigenvalue weighted by molar-refractivity contribution is 5.59.